The van der Waals surface area contributed by atoms with Crippen molar-refractivity contribution < 1.29 is 0 Å². The van der Waals surface area contributed by atoms with Gasteiger partial charge in [0.15, 0.2) is 5.82 Å². The molecular formula is C68H42N2S. The maximum atomic E-state index is 5.19. The van der Waals surface area contributed by atoms with Gasteiger partial charge in [-0.05, 0) is 112 Å². The van der Waals surface area contributed by atoms with Gasteiger partial charge in [-0.1, -0.05) is 231 Å². The molecule has 0 radical (unpaired) electrons. The highest BCUT2D eigenvalue weighted by Crippen LogP contribution is 2.47. The van der Waals surface area contributed by atoms with Gasteiger partial charge in [0.05, 0.1) is 11.4 Å². The average molecular weight is 919 g/mol. The Kier molecular flexibility index (Phi) is 9.75. The molecule has 0 aliphatic heterocycles. The van der Waals surface area contributed by atoms with Crippen LogP contribution in [0.25, 0.3) is 142 Å². The van der Waals surface area contributed by atoms with E-state index in [0.717, 1.165) is 33.5 Å². The summed E-state index contributed by atoms with van der Waals surface area (Å²) < 4.78 is 2.63. The predicted octanol–water partition coefficient (Wildman–Crippen LogP) is 19.1. The van der Waals surface area contributed by atoms with Gasteiger partial charge in [0.2, 0.25) is 0 Å². The topological polar surface area (TPSA) is 25.8 Å². The summed E-state index contributed by atoms with van der Waals surface area (Å²) in [6.07, 6.45) is 0. The highest BCUT2D eigenvalue weighted by molar-refractivity contribution is 7.26. The van der Waals surface area contributed by atoms with Crippen LogP contribution in [0.5, 0.6) is 0 Å². The lowest BCUT2D eigenvalue weighted by Crippen LogP contribution is -1.96. The van der Waals surface area contributed by atoms with E-state index in [1.54, 1.807) is 0 Å². The van der Waals surface area contributed by atoms with Gasteiger partial charge in [0.1, 0.15) is 0 Å². The number of nitrogens with zero attached hydrogens (tertiary/aromatic N) is 2. The zero-order valence-electron chi connectivity index (χ0n) is 38.6. The second kappa shape index (κ2) is 16.9. The molecule has 0 saturated carbocycles. The van der Waals surface area contributed by atoms with Crippen molar-refractivity contribution in [2.45, 2.75) is 0 Å². The summed E-state index contributed by atoms with van der Waals surface area (Å²) in [7, 11) is 0. The van der Waals surface area contributed by atoms with Crippen molar-refractivity contribution in [2.75, 3.05) is 0 Å². The Hall–Kier alpha value is -9.02. The molecule has 2 heterocycles. The molecule has 0 aliphatic carbocycles. The van der Waals surface area contributed by atoms with Crippen molar-refractivity contribution in [2.24, 2.45) is 0 Å². The van der Waals surface area contributed by atoms with Gasteiger partial charge >= 0.3 is 0 Å². The summed E-state index contributed by atoms with van der Waals surface area (Å²) in [6.45, 7) is 0. The van der Waals surface area contributed by atoms with E-state index in [-0.39, 0.29) is 0 Å². The fourth-order valence-electron chi connectivity index (χ4n) is 10.8. The number of fused-ring (bicyclic) bond motifs is 8. The van der Waals surface area contributed by atoms with Gasteiger partial charge < -0.3 is 0 Å². The number of rotatable bonds is 7. The number of aromatic nitrogens is 2. The second-order valence-corrected chi connectivity index (χ2v) is 19.5. The summed E-state index contributed by atoms with van der Waals surface area (Å²) in [6, 6.07) is 92.4. The highest BCUT2D eigenvalue weighted by atomic mass is 32.1. The summed E-state index contributed by atoms with van der Waals surface area (Å²) in [5, 5.41) is 12.5. The Labute approximate surface area is 415 Å². The van der Waals surface area contributed by atoms with Crippen LogP contribution in [0.15, 0.2) is 255 Å². The summed E-state index contributed by atoms with van der Waals surface area (Å²) in [4.78, 5) is 10.4. The van der Waals surface area contributed by atoms with Crippen molar-refractivity contribution in [1.29, 1.82) is 0 Å². The quantitative estimate of drug-likeness (QED) is 0.118. The Bertz CT molecular complexity index is 4360. The van der Waals surface area contributed by atoms with E-state index in [1.165, 1.54) is 102 Å². The second-order valence-electron chi connectivity index (χ2n) is 18.4. The minimum atomic E-state index is 0.706. The molecular weight excluding hydrogens is 877 g/mol. The van der Waals surface area contributed by atoms with Crippen molar-refractivity contribution >= 4 is 74.6 Å². The molecule has 12 aromatic carbocycles. The third-order valence-electron chi connectivity index (χ3n) is 14.3. The van der Waals surface area contributed by atoms with E-state index in [0.29, 0.717) is 5.82 Å². The number of thiophene rings is 1. The van der Waals surface area contributed by atoms with Crippen LogP contribution >= 0.6 is 11.3 Å². The average Bonchev–Trinajstić information content (AvgIpc) is 3.84. The van der Waals surface area contributed by atoms with Gasteiger partial charge in [-0.3, -0.25) is 0 Å². The van der Waals surface area contributed by atoms with Crippen molar-refractivity contribution in [3.8, 4) is 78.4 Å². The van der Waals surface area contributed by atoms with E-state index in [2.05, 4.69) is 237 Å². The van der Waals surface area contributed by atoms with Gasteiger partial charge in [0.25, 0.3) is 0 Å². The number of hydrogen-bond acceptors (Lipinski definition) is 3. The smallest absolute Gasteiger partial charge is 0.160 e. The molecule has 0 aliphatic rings. The summed E-state index contributed by atoms with van der Waals surface area (Å²) >= 11 is 1.86. The molecule has 0 amide bonds. The van der Waals surface area contributed by atoms with E-state index in [1.807, 2.05) is 29.5 Å². The molecule has 14 rings (SSSR count). The molecule has 0 N–H and O–H groups in total. The third-order valence-corrected chi connectivity index (χ3v) is 15.5. The fraction of sp³-hybridized carbons (Fsp3) is 0. The lowest BCUT2D eigenvalue weighted by Gasteiger charge is -2.19. The molecule has 71 heavy (non-hydrogen) atoms. The molecule has 3 heteroatoms. The molecule has 14 aromatic rings. The lowest BCUT2D eigenvalue weighted by molar-refractivity contribution is 1.18. The molecule has 0 unspecified atom stereocenters. The molecule has 2 nitrogen and oxygen atoms in total. The van der Waals surface area contributed by atoms with Crippen LogP contribution in [0.4, 0.5) is 0 Å². The minimum Gasteiger partial charge on any atom is -0.228 e. The Morgan fingerprint density at radius 3 is 1.55 bits per heavy atom. The molecule has 0 atom stereocenters. The van der Waals surface area contributed by atoms with Crippen LogP contribution in [-0.2, 0) is 0 Å². The predicted molar refractivity (Wildman–Crippen MR) is 303 cm³/mol. The monoisotopic (exact) mass is 918 g/mol. The van der Waals surface area contributed by atoms with Crippen LogP contribution in [0.1, 0.15) is 0 Å². The fourth-order valence-corrected chi connectivity index (χ4v) is 12.1. The lowest BCUT2D eigenvalue weighted by atomic mass is 9.84. The van der Waals surface area contributed by atoms with Crippen LogP contribution in [0, 0.1) is 0 Å². The van der Waals surface area contributed by atoms with Crippen molar-refractivity contribution in [1.82, 2.24) is 9.97 Å². The maximum Gasteiger partial charge on any atom is 0.160 e. The Morgan fingerprint density at radius 1 is 0.268 bits per heavy atom. The SMILES string of the molecule is c1ccc(-c2nc(-c3ccc(-c4cccc5c4sc4ccccc45)cc3)cc(-c3ccc4cc(-c5ccc(-c6c7ccccc7c(-c7ccccc7)c7ccc8ccccc8c67)cc5)ccc4c3)n2)cc1. The first-order chi connectivity index (χ1) is 35.2. The number of hydrogen-bond donors (Lipinski definition) is 0. The largest absolute Gasteiger partial charge is 0.228 e. The molecule has 0 spiro atoms. The minimum absolute atomic E-state index is 0.706. The normalized spacial score (nSPS) is 11.7. The van der Waals surface area contributed by atoms with Gasteiger partial charge in [-0.2, -0.15) is 0 Å². The zero-order chi connectivity index (χ0) is 46.8. The van der Waals surface area contributed by atoms with Gasteiger partial charge in [0, 0.05) is 36.9 Å². The van der Waals surface area contributed by atoms with E-state index < -0.39 is 0 Å². The molecule has 0 saturated heterocycles. The molecule has 330 valence electrons. The van der Waals surface area contributed by atoms with Crippen LogP contribution in [0.3, 0.4) is 0 Å². The van der Waals surface area contributed by atoms with Crippen LogP contribution in [0.2, 0.25) is 0 Å². The van der Waals surface area contributed by atoms with Crippen molar-refractivity contribution in [3.63, 3.8) is 0 Å². The standard InChI is InChI=1S/C68H42N2S/c1-3-15-47(16-4-1)64-57-21-9-10-22-58(57)65(66-54-19-8-7-14-44(54)38-39-60(64)66)48-32-26-43(27-33-48)50-34-35-52-41-53(37-36-51(52)40-50)62-42-61(69-68(70-62)49-17-5-2-6-18-49)46-30-28-45(29-31-46)55-23-13-24-59-56-20-11-12-25-63(56)71-67(55)59/h1-42H. The van der Waals surface area contributed by atoms with E-state index in [4.69, 9.17) is 9.97 Å². The van der Waals surface area contributed by atoms with Crippen LogP contribution < -0.4 is 0 Å². The first kappa shape index (κ1) is 41.0. The van der Waals surface area contributed by atoms with E-state index in [9.17, 15) is 0 Å². The maximum absolute atomic E-state index is 5.19. The van der Waals surface area contributed by atoms with Gasteiger partial charge in [-0.15, -0.1) is 11.3 Å². The molecule has 0 bridgehead atoms. The highest BCUT2D eigenvalue weighted by Gasteiger charge is 2.19. The first-order valence-corrected chi connectivity index (χ1v) is 25.0. The number of benzene rings is 12. The van der Waals surface area contributed by atoms with E-state index >= 15 is 0 Å². The van der Waals surface area contributed by atoms with Crippen LogP contribution in [-0.4, -0.2) is 9.97 Å². The molecule has 2 aromatic heterocycles. The Balaban J connectivity index is 0.817. The summed E-state index contributed by atoms with van der Waals surface area (Å²) in [5.74, 6) is 0.706. The third kappa shape index (κ3) is 7.09. The first-order valence-electron chi connectivity index (χ1n) is 24.2. The summed E-state index contributed by atoms with van der Waals surface area (Å²) in [5.41, 5.74) is 14.6. The van der Waals surface area contributed by atoms with Gasteiger partial charge in [-0.25, -0.2) is 9.97 Å². The van der Waals surface area contributed by atoms with Crippen molar-refractivity contribution in [3.05, 3.63) is 255 Å². The molecule has 0 fully saturated rings. The Morgan fingerprint density at radius 2 is 0.789 bits per heavy atom. The zero-order valence-corrected chi connectivity index (χ0v) is 39.4.